The second-order valence-corrected chi connectivity index (χ2v) is 4.11. The van der Waals surface area contributed by atoms with Gasteiger partial charge in [0.25, 0.3) is 0 Å². The Morgan fingerprint density at radius 2 is 2.00 bits per heavy atom. The lowest BCUT2D eigenvalue weighted by Gasteiger charge is -2.16. The molecule has 1 heterocycles. The van der Waals surface area contributed by atoms with Gasteiger partial charge in [-0.15, -0.1) is 0 Å². The number of hydrogen-bond acceptors (Lipinski definition) is 3. The Kier molecular flexibility index (Phi) is 3.61. The average molecular weight is 230 g/mol. The van der Waals surface area contributed by atoms with Crippen molar-refractivity contribution in [2.75, 3.05) is 0 Å². The number of hydrogen-bond donors (Lipinski definition) is 2. The minimum atomic E-state index is -0.0866. The number of nitrogens with two attached hydrogens (primary N) is 1. The SMILES string of the molecule is CCc1ccc(C(NN)c2ccccc2C)o1. The summed E-state index contributed by atoms with van der Waals surface area (Å²) in [5.41, 5.74) is 5.16. The monoisotopic (exact) mass is 230 g/mol. The zero-order valence-corrected chi connectivity index (χ0v) is 10.2. The van der Waals surface area contributed by atoms with Crippen LogP contribution in [0.5, 0.6) is 0 Å². The summed E-state index contributed by atoms with van der Waals surface area (Å²) in [4.78, 5) is 0. The summed E-state index contributed by atoms with van der Waals surface area (Å²) in [5, 5.41) is 0. The lowest BCUT2D eigenvalue weighted by Crippen LogP contribution is -2.29. The van der Waals surface area contributed by atoms with E-state index in [-0.39, 0.29) is 6.04 Å². The molecule has 1 aromatic carbocycles. The van der Waals surface area contributed by atoms with Crippen LogP contribution < -0.4 is 11.3 Å². The lowest BCUT2D eigenvalue weighted by molar-refractivity contribution is 0.425. The summed E-state index contributed by atoms with van der Waals surface area (Å²) in [6.07, 6.45) is 0.894. The molecule has 0 aliphatic rings. The number of benzene rings is 1. The van der Waals surface area contributed by atoms with E-state index in [1.54, 1.807) is 0 Å². The fourth-order valence-electron chi connectivity index (χ4n) is 1.98. The molecule has 0 amide bonds. The molecule has 3 heteroatoms. The third-order valence-corrected chi connectivity index (χ3v) is 2.98. The fourth-order valence-corrected chi connectivity index (χ4v) is 1.98. The minimum Gasteiger partial charge on any atom is -0.464 e. The number of hydrazine groups is 1. The van der Waals surface area contributed by atoms with E-state index < -0.39 is 0 Å². The molecule has 1 aromatic heterocycles. The fraction of sp³-hybridized carbons (Fsp3) is 0.286. The number of furan rings is 1. The maximum Gasteiger partial charge on any atom is 0.126 e. The van der Waals surface area contributed by atoms with Crippen molar-refractivity contribution in [2.45, 2.75) is 26.3 Å². The van der Waals surface area contributed by atoms with E-state index in [9.17, 15) is 0 Å². The first-order chi connectivity index (χ1) is 8.26. The molecule has 0 spiro atoms. The number of aryl methyl sites for hydroxylation is 2. The molecule has 90 valence electrons. The van der Waals surface area contributed by atoms with Crippen LogP contribution in [0.15, 0.2) is 40.8 Å². The first kappa shape index (κ1) is 11.9. The van der Waals surface area contributed by atoms with Crippen LogP contribution >= 0.6 is 0 Å². The van der Waals surface area contributed by atoms with E-state index in [4.69, 9.17) is 10.3 Å². The van der Waals surface area contributed by atoms with Crippen molar-refractivity contribution < 1.29 is 4.42 Å². The minimum absolute atomic E-state index is 0.0866. The van der Waals surface area contributed by atoms with Gasteiger partial charge in [-0.25, -0.2) is 5.43 Å². The Balaban J connectivity index is 2.36. The molecule has 3 N–H and O–H groups in total. The first-order valence-corrected chi connectivity index (χ1v) is 5.86. The molecule has 0 saturated heterocycles. The van der Waals surface area contributed by atoms with E-state index in [0.29, 0.717) is 0 Å². The normalized spacial score (nSPS) is 12.6. The molecule has 3 nitrogen and oxygen atoms in total. The quantitative estimate of drug-likeness (QED) is 0.627. The first-order valence-electron chi connectivity index (χ1n) is 5.86. The zero-order valence-electron chi connectivity index (χ0n) is 10.2. The van der Waals surface area contributed by atoms with Gasteiger partial charge in [-0.1, -0.05) is 31.2 Å². The predicted octanol–water partition coefficient (Wildman–Crippen LogP) is 2.70. The van der Waals surface area contributed by atoms with Gasteiger partial charge in [0, 0.05) is 6.42 Å². The second kappa shape index (κ2) is 5.17. The van der Waals surface area contributed by atoms with Gasteiger partial charge in [0.2, 0.25) is 0 Å². The summed E-state index contributed by atoms with van der Waals surface area (Å²) in [7, 11) is 0. The van der Waals surface area contributed by atoms with Crippen molar-refractivity contribution in [1.29, 1.82) is 0 Å². The predicted molar refractivity (Wildman–Crippen MR) is 68.4 cm³/mol. The Bertz CT molecular complexity index is 490. The summed E-state index contributed by atoms with van der Waals surface area (Å²) >= 11 is 0. The smallest absolute Gasteiger partial charge is 0.126 e. The van der Waals surface area contributed by atoms with Crippen molar-refractivity contribution in [3.05, 3.63) is 59.0 Å². The van der Waals surface area contributed by atoms with E-state index in [1.165, 1.54) is 5.56 Å². The Hall–Kier alpha value is -1.58. The molecule has 17 heavy (non-hydrogen) atoms. The highest BCUT2D eigenvalue weighted by Crippen LogP contribution is 2.25. The van der Waals surface area contributed by atoms with E-state index in [1.807, 2.05) is 24.3 Å². The van der Waals surface area contributed by atoms with Crippen LogP contribution in [0.4, 0.5) is 0 Å². The average Bonchev–Trinajstić information content (AvgIpc) is 2.81. The van der Waals surface area contributed by atoms with Gasteiger partial charge in [-0.3, -0.25) is 5.84 Å². The number of rotatable bonds is 4. The molecule has 0 radical (unpaired) electrons. The van der Waals surface area contributed by atoms with Crippen LogP contribution in [-0.2, 0) is 6.42 Å². The number of nitrogens with one attached hydrogen (secondary N) is 1. The van der Waals surface area contributed by atoms with Crippen LogP contribution in [0.1, 0.15) is 35.6 Å². The Morgan fingerprint density at radius 3 is 2.59 bits per heavy atom. The van der Waals surface area contributed by atoms with Crippen LogP contribution in [-0.4, -0.2) is 0 Å². The molecule has 0 bridgehead atoms. The second-order valence-electron chi connectivity index (χ2n) is 4.11. The molecule has 1 unspecified atom stereocenters. The molecular formula is C14H18N2O. The molecule has 0 saturated carbocycles. The van der Waals surface area contributed by atoms with Gasteiger partial charge < -0.3 is 4.42 Å². The molecular weight excluding hydrogens is 212 g/mol. The summed E-state index contributed by atoms with van der Waals surface area (Å²) < 4.78 is 5.75. The standard InChI is InChI=1S/C14H18N2O/c1-3-11-8-9-13(17-11)14(16-15)12-7-5-4-6-10(12)2/h4-9,14,16H,3,15H2,1-2H3. The molecule has 0 fully saturated rings. The van der Waals surface area contributed by atoms with Gasteiger partial charge >= 0.3 is 0 Å². The molecule has 0 aliphatic carbocycles. The zero-order chi connectivity index (χ0) is 12.3. The Morgan fingerprint density at radius 1 is 1.24 bits per heavy atom. The topological polar surface area (TPSA) is 51.2 Å². The molecule has 1 atom stereocenters. The van der Waals surface area contributed by atoms with Crippen LogP contribution in [0.2, 0.25) is 0 Å². The summed E-state index contributed by atoms with van der Waals surface area (Å²) in [5.74, 6) is 7.49. The summed E-state index contributed by atoms with van der Waals surface area (Å²) in [6, 6.07) is 12.1. The Labute approximate surface area is 102 Å². The maximum atomic E-state index is 5.75. The van der Waals surface area contributed by atoms with Crippen molar-refractivity contribution in [1.82, 2.24) is 5.43 Å². The van der Waals surface area contributed by atoms with Crippen LogP contribution in [0.3, 0.4) is 0 Å². The van der Waals surface area contributed by atoms with Crippen LogP contribution in [0.25, 0.3) is 0 Å². The maximum absolute atomic E-state index is 5.75. The highest BCUT2D eigenvalue weighted by molar-refractivity contribution is 5.33. The third-order valence-electron chi connectivity index (χ3n) is 2.98. The van der Waals surface area contributed by atoms with Gasteiger partial charge in [-0.05, 0) is 30.2 Å². The molecule has 2 aromatic rings. The highest BCUT2D eigenvalue weighted by Gasteiger charge is 2.17. The largest absolute Gasteiger partial charge is 0.464 e. The van der Waals surface area contributed by atoms with E-state index in [0.717, 1.165) is 23.5 Å². The third kappa shape index (κ3) is 2.40. The molecule has 0 aliphatic heterocycles. The van der Waals surface area contributed by atoms with Gasteiger partial charge in [-0.2, -0.15) is 0 Å². The van der Waals surface area contributed by atoms with Crippen LogP contribution in [0, 0.1) is 6.92 Å². The highest BCUT2D eigenvalue weighted by atomic mass is 16.3. The van der Waals surface area contributed by atoms with Gasteiger partial charge in [0.1, 0.15) is 17.6 Å². The van der Waals surface area contributed by atoms with Crippen molar-refractivity contribution >= 4 is 0 Å². The van der Waals surface area contributed by atoms with Gasteiger partial charge in [0.05, 0.1) is 0 Å². The summed E-state index contributed by atoms with van der Waals surface area (Å²) in [6.45, 7) is 4.14. The van der Waals surface area contributed by atoms with E-state index in [2.05, 4.69) is 31.4 Å². The van der Waals surface area contributed by atoms with Gasteiger partial charge in [0.15, 0.2) is 0 Å². The van der Waals surface area contributed by atoms with Crippen molar-refractivity contribution in [2.24, 2.45) is 5.84 Å². The molecule has 2 rings (SSSR count). The lowest BCUT2D eigenvalue weighted by atomic mass is 10.00. The van der Waals surface area contributed by atoms with Crippen molar-refractivity contribution in [3.8, 4) is 0 Å². The van der Waals surface area contributed by atoms with E-state index >= 15 is 0 Å². The van der Waals surface area contributed by atoms with Crippen molar-refractivity contribution in [3.63, 3.8) is 0 Å².